The molecule has 6 nitrogen and oxygen atoms in total. The zero-order valence-electron chi connectivity index (χ0n) is 8.25. The minimum atomic E-state index is -0.407. The van der Waals surface area contributed by atoms with Crippen LogP contribution in [0.2, 0.25) is 0 Å². The largest absolute Gasteiger partial charge is 0.324 e. The number of nitro groups is 1. The lowest BCUT2D eigenvalue weighted by Crippen LogP contribution is -1.95. The van der Waals surface area contributed by atoms with Gasteiger partial charge in [-0.25, -0.2) is 0 Å². The summed E-state index contributed by atoms with van der Waals surface area (Å²) in [6.07, 6.45) is 0. The Kier molecular flexibility index (Phi) is 3.01. The van der Waals surface area contributed by atoms with Crippen molar-refractivity contribution < 1.29 is 4.92 Å². The molecule has 0 N–H and O–H groups in total. The van der Waals surface area contributed by atoms with Crippen LogP contribution in [0.25, 0.3) is 10.7 Å². The van der Waals surface area contributed by atoms with Gasteiger partial charge in [0.25, 0.3) is 0 Å². The molecule has 0 atom stereocenters. The van der Waals surface area contributed by atoms with Gasteiger partial charge < -0.3 is 4.57 Å². The van der Waals surface area contributed by atoms with Crippen LogP contribution in [0.1, 0.15) is 5.82 Å². The Bertz CT molecular complexity index is 536. The predicted molar refractivity (Wildman–Crippen MR) is 63.6 cm³/mol. The summed E-state index contributed by atoms with van der Waals surface area (Å²) >= 11 is 4.39. The fraction of sp³-hybridized carbons (Fsp3) is 0.250. The lowest BCUT2D eigenvalue weighted by atomic mass is 10.4. The van der Waals surface area contributed by atoms with E-state index in [2.05, 4.69) is 26.1 Å². The van der Waals surface area contributed by atoms with Crippen molar-refractivity contribution in [2.75, 3.05) is 0 Å². The minimum Gasteiger partial charge on any atom is -0.313 e. The van der Waals surface area contributed by atoms with Crippen LogP contribution < -0.4 is 0 Å². The quantitative estimate of drug-likeness (QED) is 0.495. The van der Waals surface area contributed by atoms with E-state index in [9.17, 15) is 10.1 Å². The fourth-order valence-corrected chi connectivity index (χ4v) is 2.57. The van der Waals surface area contributed by atoms with Gasteiger partial charge in [-0.15, -0.1) is 10.2 Å². The van der Waals surface area contributed by atoms with Crippen molar-refractivity contribution in [2.45, 2.75) is 5.33 Å². The predicted octanol–water partition coefficient (Wildman–Crippen LogP) is 2.35. The number of hydrogen-bond donors (Lipinski definition) is 0. The van der Waals surface area contributed by atoms with Crippen LogP contribution in [0, 0.1) is 10.1 Å². The number of alkyl halides is 1. The summed E-state index contributed by atoms with van der Waals surface area (Å²) in [6, 6.07) is 3.16. The molecule has 0 saturated heterocycles. The van der Waals surface area contributed by atoms with Crippen molar-refractivity contribution in [2.24, 2.45) is 7.05 Å². The van der Waals surface area contributed by atoms with E-state index < -0.39 is 4.92 Å². The average Bonchev–Trinajstić information content (AvgIpc) is 2.83. The van der Waals surface area contributed by atoms with Gasteiger partial charge in [-0.05, 0) is 6.07 Å². The Balaban J connectivity index is 2.42. The fourth-order valence-electron chi connectivity index (χ4n) is 1.24. The molecule has 0 fully saturated rings. The van der Waals surface area contributed by atoms with Gasteiger partial charge in [0.15, 0.2) is 5.82 Å². The molecule has 0 aliphatic rings. The first kappa shape index (κ1) is 11.2. The zero-order valence-corrected chi connectivity index (χ0v) is 10.7. The maximum absolute atomic E-state index is 10.6. The van der Waals surface area contributed by atoms with Gasteiger partial charge in [0.1, 0.15) is 5.82 Å². The molecule has 2 aromatic heterocycles. The van der Waals surface area contributed by atoms with Gasteiger partial charge in [0.05, 0.1) is 15.1 Å². The molecule has 0 radical (unpaired) electrons. The second-order valence-corrected chi connectivity index (χ2v) is 4.65. The second kappa shape index (κ2) is 4.30. The van der Waals surface area contributed by atoms with Crippen molar-refractivity contribution in [1.82, 2.24) is 14.8 Å². The van der Waals surface area contributed by atoms with E-state index in [1.165, 1.54) is 6.07 Å². The number of aromatic nitrogens is 3. The van der Waals surface area contributed by atoms with Crippen molar-refractivity contribution in [3.8, 4) is 10.7 Å². The van der Waals surface area contributed by atoms with Crippen molar-refractivity contribution in [3.63, 3.8) is 0 Å². The molecular formula is C8H7BrN4O2S. The SMILES string of the molecule is Cn1c(CBr)nnc1-c1ccc([N+](=O)[O-])s1. The summed E-state index contributed by atoms with van der Waals surface area (Å²) in [5, 5.41) is 19.2. The number of nitrogens with zero attached hydrogens (tertiary/aromatic N) is 4. The lowest BCUT2D eigenvalue weighted by molar-refractivity contribution is -0.380. The first-order valence-electron chi connectivity index (χ1n) is 4.32. The standard InChI is InChI=1S/C8H7BrN4O2S/c1-12-6(4-9)10-11-8(12)5-2-3-7(16-5)13(14)15/h2-3H,4H2,1H3. The van der Waals surface area contributed by atoms with Crippen molar-refractivity contribution in [1.29, 1.82) is 0 Å². The third-order valence-electron chi connectivity index (χ3n) is 2.08. The molecule has 8 heteroatoms. The second-order valence-electron chi connectivity index (χ2n) is 3.03. The highest BCUT2D eigenvalue weighted by Crippen LogP contribution is 2.31. The summed E-state index contributed by atoms with van der Waals surface area (Å²) in [5.74, 6) is 1.43. The van der Waals surface area contributed by atoms with E-state index in [-0.39, 0.29) is 5.00 Å². The van der Waals surface area contributed by atoms with Gasteiger partial charge >= 0.3 is 5.00 Å². The third-order valence-corrected chi connectivity index (χ3v) is 3.61. The average molecular weight is 303 g/mol. The van der Waals surface area contributed by atoms with Crippen LogP contribution in [0.5, 0.6) is 0 Å². The van der Waals surface area contributed by atoms with E-state index in [4.69, 9.17) is 0 Å². The third kappa shape index (κ3) is 1.85. The van der Waals surface area contributed by atoms with Gasteiger partial charge in [-0.3, -0.25) is 10.1 Å². The maximum atomic E-state index is 10.6. The molecule has 0 unspecified atom stereocenters. The summed E-state index contributed by atoms with van der Waals surface area (Å²) in [5.41, 5.74) is 0. The Labute approximate surface area is 103 Å². The molecule has 0 bridgehead atoms. The zero-order chi connectivity index (χ0) is 11.7. The van der Waals surface area contributed by atoms with E-state index in [0.717, 1.165) is 22.0 Å². The highest BCUT2D eigenvalue weighted by atomic mass is 79.9. The molecule has 0 aromatic carbocycles. The highest BCUT2D eigenvalue weighted by molar-refractivity contribution is 9.08. The number of hydrogen-bond acceptors (Lipinski definition) is 5. The lowest BCUT2D eigenvalue weighted by Gasteiger charge is -1.97. The van der Waals surface area contributed by atoms with E-state index in [0.29, 0.717) is 11.2 Å². The van der Waals surface area contributed by atoms with Gasteiger partial charge in [0.2, 0.25) is 0 Å². The van der Waals surface area contributed by atoms with Crippen LogP contribution in [-0.4, -0.2) is 19.7 Å². The number of thiophene rings is 1. The molecule has 0 aliphatic carbocycles. The molecule has 16 heavy (non-hydrogen) atoms. The Morgan fingerprint density at radius 1 is 1.56 bits per heavy atom. The molecule has 0 aliphatic heterocycles. The normalized spacial score (nSPS) is 10.6. The maximum Gasteiger partial charge on any atom is 0.324 e. The molecule has 84 valence electrons. The van der Waals surface area contributed by atoms with Crippen LogP contribution in [0.3, 0.4) is 0 Å². The Morgan fingerprint density at radius 3 is 2.81 bits per heavy atom. The smallest absolute Gasteiger partial charge is 0.313 e. The first-order chi connectivity index (χ1) is 7.63. The van der Waals surface area contributed by atoms with Crippen LogP contribution >= 0.6 is 27.3 Å². The Hall–Kier alpha value is -1.28. The van der Waals surface area contributed by atoms with E-state index in [1.807, 2.05) is 11.6 Å². The summed E-state index contributed by atoms with van der Waals surface area (Å²) in [6.45, 7) is 0. The molecular weight excluding hydrogens is 296 g/mol. The van der Waals surface area contributed by atoms with E-state index in [1.54, 1.807) is 6.07 Å². The molecule has 0 amide bonds. The van der Waals surface area contributed by atoms with Gasteiger partial charge in [0, 0.05) is 13.1 Å². The van der Waals surface area contributed by atoms with Crippen LogP contribution in [0.4, 0.5) is 5.00 Å². The topological polar surface area (TPSA) is 73.8 Å². The first-order valence-corrected chi connectivity index (χ1v) is 6.26. The molecule has 2 rings (SSSR count). The number of rotatable bonds is 3. The summed E-state index contributed by atoms with van der Waals surface area (Å²) < 4.78 is 1.81. The van der Waals surface area contributed by atoms with E-state index >= 15 is 0 Å². The molecule has 2 heterocycles. The number of halogens is 1. The highest BCUT2D eigenvalue weighted by Gasteiger charge is 2.16. The molecule has 0 saturated carbocycles. The van der Waals surface area contributed by atoms with Gasteiger partial charge in [-0.1, -0.05) is 27.3 Å². The van der Waals surface area contributed by atoms with Crippen LogP contribution in [-0.2, 0) is 12.4 Å². The minimum absolute atomic E-state index is 0.110. The molecule has 2 aromatic rings. The summed E-state index contributed by atoms with van der Waals surface area (Å²) in [4.78, 5) is 10.9. The van der Waals surface area contributed by atoms with Crippen LogP contribution in [0.15, 0.2) is 12.1 Å². The van der Waals surface area contributed by atoms with Crippen molar-refractivity contribution >= 4 is 32.3 Å². The summed E-state index contributed by atoms with van der Waals surface area (Å²) in [7, 11) is 1.83. The molecule has 0 spiro atoms. The Morgan fingerprint density at radius 2 is 2.31 bits per heavy atom. The van der Waals surface area contributed by atoms with Crippen molar-refractivity contribution in [3.05, 3.63) is 28.1 Å². The monoisotopic (exact) mass is 302 g/mol. The van der Waals surface area contributed by atoms with Gasteiger partial charge in [-0.2, -0.15) is 0 Å².